The zero-order valence-corrected chi connectivity index (χ0v) is 24.1. The van der Waals surface area contributed by atoms with Crippen molar-refractivity contribution in [3.05, 3.63) is 77.8 Å². The SMILES string of the molecule is O=C([C@@H]1CNCCO1)N(C[C@@H]1CNC[C@@H]1F)[C@@H](c1nc(-c2cc(F)ccc2F)cn1Cc1ccccc1)C1CCOCC1. The molecule has 11 heteroatoms. The molecule has 8 nitrogen and oxygen atoms in total. The number of nitrogens with zero attached hydrogens (tertiary/aromatic N) is 3. The quantitative estimate of drug-likeness (QED) is 0.392. The molecule has 0 aliphatic carbocycles. The van der Waals surface area contributed by atoms with Crippen molar-refractivity contribution in [1.82, 2.24) is 25.1 Å². The number of hydrogen-bond donors (Lipinski definition) is 2. The van der Waals surface area contributed by atoms with Crippen molar-refractivity contribution in [2.24, 2.45) is 11.8 Å². The normalized spacial score (nSPS) is 23.7. The van der Waals surface area contributed by atoms with Crippen LogP contribution in [0.25, 0.3) is 11.3 Å². The van der Waals surface area contributed by atoms with Gasteiger partial charge in [0, 0.05) is 70.2 Å². The second-order valence-electron chi connectivity index (χ2n) is 11.6. The molecule has 0 spiro atoms. The first kappa shape index (κ1) is 29.8. The average Bonchev–Trinajstić information content (AvgIpc) is 3.64. The van der Waals surface area contributed by atoms with Gasteiger partial charge in [-0.2, -0.15) is 0 Å². The zero-order chi connectivity index (χ0) is 29.8. The van der Waals surface area contributed by atoms with Crippen LogP contribution in [0.2, 0.25) is 0 Å². The van der Waals surface area contributed by atoms with Gasteiger partial charge in [0.05, 0.1) is 18.3 Å². The van der Waals surface area contributed by atoms with Crippen LogP contribution in [0, 0.1) is 23.5 Å². The number of carbonyl (C=O) groups excluding carboxylic acids is 1. The molecular formula is C32H38F3N5O3. The molecule has 0 unspecified atom stereocenters. The summed E-state index contributed by atoms with van der Waals surface area (Å²) in [7, 11) is 0. The van der Waals surface area contributed by atoms with E-state index in [2.05, 4.69) is 10.6 Å². The molecule has 2 aromatic carbocycles. The molecule has 1 aromatic heterocycles. The number of nitrogens with one attached hydrogen (secondary N) is 2. The van der Waals surface area contributed by atoms with E-state index >= 15 is 8.78 Å². The Morgan fingerprint density at radius 3 is 2.58 bits per heavy atom. The van der Waals surface area contributed by atoms with E-state index in [1.807, 2.05) is 34.9 Å². The summed E-state index contributed by atoms with van der Waals surface area (Å²) in [5.74, 6) is -1.29. The monoisotopic (exact) mass is 597 g/mol. The number of ether oxygens (including phenoxy) is 2. The Hall–Kier alpha value is -3.25. The molecule has 2 N–H and O–H groups in total. The van der Waals surface area contributed by atoms with Gasteiger partial charge >= 0.3 is 0 Å². The predicted molar refractivity (Wildman–Crippen MR) is 155 cm³/mol. The first-order valence-electron chi connectivity index (χ1n) is 15.1. The summed E-state index contributed by atoms with van der Waals surface area (Å²) in [5, 5.41) is 6.35. The van der Waals surface area contributed by atoms with Crippen LogP contribution in [-0.2, 0) is 20.8 Å². The Labute approximate surface area is 249 Å². The Kier molecular flexibility index (Phi) is 9.42. The molecule has 0 bridgehead atoms. The van der Waals surface area contributed by atoms with E-state index in [-0.39, 0.29) is 36.2 Å². The highest BCUT2D eigenvalue weighted by Crippen LogP contribution is 2.38. The maximum atomic E-state index is 15.1. The van der Waals surface area contributed by atoms with Gasteiger partial charge in [0.2, 0.25) is 0 Å². The number of carbonyl (C=O) groups is 1. The van der Waals surface area contributed by atoms with Gasteiger partial charge in [-0.3, -0.25) is 4.79 Å². The molecule has 4 heterocycles. The molecule has 43 heavy (non-hydrogen) atoms. The summed E-state index contributed by atoms with van der Waals surface area (Å²) in [5.41, 5.74) is 1.30. The van der Waals surface area contributed by atoms with Gasteiger partial charge in [0.1, 0.15) is 29.7 Å². The molecule has 3 fully saturated rings. The van der Waals surface area contributed by atoms with E-state index in [1.54, 1.807) is 11.1 Å². The summed E-state index contributed by atoms with van der Waals surface area (Å²) in [6, 6.07) is 12.5. The predicted octanol–water partition coefficient (Wildman–Crippen LogP) is 3.72. The van der Waals surface area contributed by atoms with Gasteiger partial charge in [-0.05, 0) is 42.5 Å². The molecular weight excluding hydrogens is 559 g/mol. The average molecular weight is 598 g/mol. The van der Waals surface area contributed by atoms with Crippen LogP contribution in [-0.4, -0.2) is 85.2 Å². The summed E-state index contributed by atoms with van der Waals surface area (Å²) < 4.78 is 58.0. The maximum absolute atomic E-state index is 15.1. The highest BCUT2D eigenvalue weighted by atomic mass is 19.1. The number of morpholine rings is 1. The highest BCUT2D eigenvalue weighted by molar-refractivity contribution is 5.82. The van der Waals surface area contributed by atoms with E-state index in [0.717, 1.165) is 23.8 Å². The molecule has 230 valence electrons. The van der Waals surface area contributed by atoms with Gasteiger partial charge in [-0.15, -0.1) is 0 Å². The second-order valence-corrected chi connectivity index (χ2v) is 11.6. The van der Waals surface area contributed by atoms with Gasteiger partial charge in [-0.1, -0.05) is 30.3 Å². The van der Waals surface area contributed by atoms with E-state index in [1.165, 1.54) is 0 Å². The van der Waals surface area contributed by atoms with Crippen molar-refractivity contribution < 1.29 is 27.4 Å². The first-order chi connectivity index (χ1) is 21.0. The van der Waals surface area contributed by atoms with Crippen molar-refractivity contribution >= 4 is 5.91 Å². The van der Waals surface area contributed by atoms with Crippen LogP contribution in [0.5, 0.6) is 0 Å². The Morgan fingerprint density at radius 1 is 1.05 bits per heavy atom. The van der Waals surface area contributed by atoms with Crippen LogP contribution in [0.15, 0.2) is 54.7 Å². The number of benzene rings is 2. The summed E-state index contributed by atoms with van der Waals surface area (Å²) in [6.07, 6.45) is 1.24. The largest absolute Gasteiger partial charge is 0.381 e. The number of alkyl halides is 1. The molecule has 0 saturated carbocycles. The van der Waals surface area contributed by atoms with Crippen LogP contribution in [0.4, 0.5) is 13.2 Å². The number of rotatable bonds is 9. The third-order valence-corrected chi connectivity index (χ3v) is 8.69. The lowest BCUT2D eigenvalue weighted by Gasteiger charge is -2.41. The first-order valence-corrected chi connectivity index (χ1v) is 15.1. The molecule has 0 radical (unpaired) electrons. The van der Waals surface area contributed by atoms with Crippen LogP contribution in [0.3, 0.4) is 0 Å². The van der Waals surface area contributed by atoms with E-state index < -0.39 is 35.9 Å². The number of imidazole rings is 1. The van der Waals surface area contributed by atoms with Gasteiger partial charge in [0.15, 0.2) is 0 Å². The van der Waals surface area contributed by atoms with Crippen LogP contribution < -0.4 is 10.6 Å². The minimum Gasteiger partial charge on any atom is -0.381 e. The fraction of sp³-hybridized carbons (Fsp3) is 0.500. The van der Waals surface area contributed by atoms with Gasteiger partial charge < -0.3 is 29.6 Å². The lowest BCUT2D eigenvalue weighted by atomic mass is 9.88. The zero-order valence-electron chi connectivity index (χ0n) is 24.1. The Balaban J connectivity index is 1.48. The molecule has 1 amide bonds. The van der Waals surface area contributed by atoms with E-state index in [0.29, 0.717) is 64.7 Å². The summed E-state index contributed by atoms with van der Waals surface area (Å²) in [4.78, 5) is 21.0. The molecule has 3 aromatic rings. The number of amides is 1. The second kappa shape index (κ2) is 13.6. The smallest absolute Gasteiger partial charge is 0.253 e. The maximum Gasteiger partial charge on any atom is 0.253 e. The third-order valence-electron chi connectivity index (χ3n) is 8.69. The third kappa shape index (κ3) is 6.80. The summed E-state index contributed by atoms with van der Waals surface area (Å²) >= 11 is 0. The van der Waals surface area contributed by atoms with Crippen LogP contribution in [0.1, 0.15) is 30.3 Å². The molecule has 6 rings (SSSR count). The van der Waals surface area contributed by atoms with E-state index in [4.69, 9.17) is 14.5 Å². The highest BCUT2D eigenvalue weighted by Gasteiger charge is 2.42. The number of aromatic nitrogens is 2. The fourth-order valence-electron chi connectivity index (χ4n) is 6.42. The molecule has 3 aliphatic rings. The molecule has 3 aliphatic heterocycles. The van der Waals surface area contributed by atoms with Crippen molar-refractivity contribution in [3.8, 4) is 11.3 Å². The van der Waals surface area contributed by atoms with Crippen molar-refractivity contribution in [2.75, 3.05) is 52.5 Å². The number of hydrogen-bond acceptors (Lipinski definition) is 6. The van der Waals surface area contributed by atoms with E-state index in [9.17, 15) is 9.18 Å². The Morgan fingerprint density at radius 2 is 1.86 bits per heavy atom. The summed E-state index contributed by atoms with van der Waals surface area (Å²) in [6.45, 7) is 3.71. The lowest BCUT2D eigenvalue weighted by molar-refractivity contribution is -0.151. The lowest BCUT2D eigenvalue weighted by Crippen LogP contribution is -2.53. The Bertz CT molecular complexity index is 1380. The van der Waals surface area contributed by atoms with Crippen molar-refractivity contribution in [2.45, 2.75) is 37.7 Å². The van der Waals surface area contributed by atoms with Crippen molar-refractivity contribution in [1.29, 1.82) is 0 Å². The van der Waals surface area contributed by atoms with Gasteiger partial charge in [0.25, 0.3) is 5.91 Å². The number of halogens is 3. The minimum absolute atomic E-state index is 0.0419. The standard InChI is InChI=1S/C32H38F3N5O3/c33-24-6-7-26(34)25(14-24)28-20-39(18-21-4-2-1-3-5-21)31(38-28)30(22-8-11-42-12-9-22)40(19-23-15-37-16-27(23)35)32(41)29-17-36-10-13-43-29/h1-7,14,20,22-23,27,29-30,36-37H,8-13,15-19H2/t23-,27-,29-,30+/m0/s1. The molecule has 3 saturated heterocycles. The fourth-order valence-corrected chi connectivity index (χ4v) is 6.42. The molecule has 4 atom stereocenters. The van der Waals surface area contributed by atoms with Crippen LogP contribution >= 0.6 is 0 Å². The van der Waals surface area contributed by atoms with Crippen molar-refractivity contribution in [3.63, 3.8) is 0 Å². The topological polar surface area (TPSA) is 80.7 Å². The minimum atomic E-state index is -1.10. The van der Waals surface area contributed by atoms with Gasteiger partial charge in [-0.25, -0.2) is 18.2 Å².